The van der Waals surface area contributed by atoms with Crippen LogP contribution in [-0.2, 0) is 0 Å². The molecule has 3 rings (SSSR count). The molecule has 3 aliphatic rings. The number of piperidine rings is 1. The molecule has 2 heteroatoms. The van der Waals surface area contributed by atoms with E-state index in [9.17, 15) is 0 Å². The van der Waals surface area contributed by atoms with E-state index in [1.165, 1.54) is 84.0 Å². The summed E-state index contributed by atoms with van der Waals surface area (Å²) in [6.45, 7) is 10.2. The van der Waals surface area contributed by atoms with Crippen molar-refractivity contribution < 1.29 is 0 Å². The Balaban J connectivity index is 1.59. The van der Waals surface area contributed by atoms with E-state index in [1.807, 2.05) is 0 Å². The molecule has 2 unspecified atom stereocenters. The highest BCUT2D eigenvalue weighted by Crippen LogP contribution is 2.37. The highest BCUT2D eigenvalue weighted by atomic mass is 15.1. The minimum absolute atomic E-state index is 0.583. The molecule has 1 N–H and O–H groups in total. The molecule has 1 aliphatic heterocycles. The summed E-state index contributed by atoms with van der Waals surface area (Å²) in [7, 11) is 0. The summed E-state index contributed by atoms with van der Waals surface area (Å²) < 4.78 is 0. The van der Waals surface area contributed by atoms with E-state index in [-0.39, 0.29) is 0 Å². The van der Waals surface area contributed by atoms with Crippen LogP contribution in [0.25, 0.3) is 0 Å². The monoisotopic (exact) mass is 292 g/mol. The van der Waals surface area contributed by atoms with Crippen molar-refractivity contribution in [3.8, 4) is 0 Å². The molecule has 2 aliphatic carbocycles. The van der Waals surface area contributed by atoms with Gasteiger partial charge in [0, 0.05) is 25.7 Å². The number of hydrogen-bond donors (Lipinski definition) is 1. The van der Waals surface area contributed by atoms with Gasteiger partial charge in [-0.3, -0.25) is 0 Å². The summed E-state index contributed by atoms with van der Waals surface area (Å²) in [6.07, 6.45) is 13.1. The molecule has 1 saturated heterocycles. The minimum atomic E-state index is 0.583. The zero-order chi connectivity index (χ0) is 14.7. The van der Waals surface area contributed by atoms with Gasteiger partial charge in [0.1, 0.15) is 0 Å². The first-order chi connectivity index (χ1) is 10.2. The van der Waals surface area contributed by atoms with Crippen LogP contribution in [0.5, 0.6) is 0 Å². The summed E-state index contributed by atoms with van der Waals surface area (Å²) in [5, 5.41) is 3.88. The summed E-state index contributed by atoms with van der Waals surface area (Å²) in [6, 6.07) is 0.866. The van der Waals surface area contributed by atoms with Gasteiger partial charge in [-0.05, 0) is 55.9 Å². The van der Waals surface area contributed by atoms with Gasteiger partial charge in [0.05, 0.1) is 0 Å². The van der Waals surface area contributed by atoms with E-state index >= 15 is 0 Å². The van der Waals surface area contributed by atoms with Crippen LogP contribution in [0.3, 0.4) is 0 Å². The number of likely N-dealkylation sites (tertiary alicyclic amines) is 1. The standard InChI is InChI=1S/C19H36N2/c1-16-9-12-21(13-17(16)2)15-19(14-20-18-7-8-18)10-5-3-4-6-11-19/h16-18,20H,3-15H2,1-2H3. The van der Waals surface area contributed by atoms with Crippen molar-refractivity contribution in [2.24, 2.45) is 17.3 Å². The van der Waals surface area contributed by atoms with Gasteiger partial charge in [0.2, 0.25) is 0 Å². The Morgan fingerprint density at radius 3 is 2.29 bits per heavy atom. The lowest BCUT2D eigenvalue weighted by Crippen LogP contribution is -2.48. The van der Waals surface area contributed by atoms with E-state index in [4.69, 9.17) is 0 Å². The molecule has 2 nitrogen and oxygen atoms in total. The lowest BCUT2D eigenvalue weighted by atomic mass is 9.78. The Morgan fingerprint density at radius 2 is 1.67 bits per heavy atom. The molecular weight excluding hydrogens is 256 g/mol. The van der Waals surface area contributed by atoms with E-state index < -0.39 is 0 Å². The molecule has 2 atom stereocenters. The van der Waals surface area contributed by atoms with Crippen molar-refractivity contribution in [2.45, 2.75) is 77.7 Å². The van der Waals surface area contributed by atoms with E-state index in [0.29, 0.717) is 5.41 Å². The molecule has 0 amide bonds. The number of nitrogens with one attached hydrogen (secondary N) is 1. The van der Waals surface area contributed by atoms with Crippen LogP contribution >= 0.6 is 0 Å². The van der Waals surface area contributed by atoms with Gasteiger partial charge < -0.3 is 10.2 Å². The Bertz CT molecular complexity index is 316. The van der Waals surface area contributed by atoms with Crippen LogP contribution in [0.1, 0.15) is 71.6 Å². The predicted octanol–water partition coefficient (Wildman–Crippen LogP) is 4.06. The van der Waals surface area contributed by atoms with Crippen molar-refractivity contribution in [1.29, 1.82) is 0 Å². The van der Waals surface area contributed by atoms with Gasteiger partial charge in [-0.2, -0.15) is 0 Å². The van der Waals surface area contributed by atoms with Crippen molar-refractivity contribution in [3.63, 3.8) is 0 Å². The van der Waals surface area contributed by atoms with Crippen LogP contribution in [0.4, 0.5) is 0 Å². The molecule has 0 spiro atoms. The summed E-state index contributed by atoms with van der Waals surface area (Å²) in [5.41, 5.74) is 0.583. The Kier molecular flexibility index (Phi) is 5.27. The molecule has 0 aromatic rings. The summed E-state index contributed by atoms with van der Waals surface area (Å²) in [4.78, 5) is 2.81. The molecule has 122 valence electrons. The number of nitrogens with zero attached hydrogens (tertiary/aromatic N) is 1. The fraction of sp³-hybridized carbons (Fsp3) is 1.00. The van der Waals surface area contributed by atoms with Crippen LogP contribution < -0.4 is 5.32 Å². The maximum absolute atomic E-state index is 3.88. The molecule has 0 bridgehead atoms. The third kappa shape index (κ3) is 4.45. The average Bonchev–Trinajstić information content (AvgIpc) is 3.29. The van der Waals surface area contributed by atoms with Gasteiger partial charge in [-0.25, -0.2) is 0 Å². The molecule has 0 radical (unpaired) electrons. The zero-order valence-corrected chi connectivity index (χ0v) is 14.4. The van der Waals surface area contributed by atoms with Gasteiger partial charge in [0.25, 0.3) is 0 Å². The average molecular weight is 293 g/mol. The normalized spacial score (nSPS) is 34.6. The summed E-state index contributed by atoms with van der Waals surface area (Å²) in [5.74, 6) is 1.81. The smallest absolute Gasteiger partial charge is 0.00684 e. The van der Waals surface area contributed by atoms with Crippen LogP contribution in [0.15, 0.2) is 0 Å². The molecule has 3 fully saturated rings. The van der Waals surface area contributed by atoms with E-state index in [1.54, 1.807) is 0 Å². The molecule has 0 aromatic carbocycles. The van der Waals surface area contributed by atoms with Crippen molar-refractivity contribution >= 4 is 0 Å². The highest BCUT2D eigenvalue weighted by molar-refractivity contribution is 4.92. The second kappa shape index (κ2) is 7.00. The van der Waals surface area contributed by atoms with Gasteiger partial charge in [-0.15, -0.1) is 0 Å². The van der Waals surface area contributed by atoms with Gasteiger partial charge >= 0.3 is 0 Å². The molecular formula is C19H36N2. The Morgan fingerprint density at radius 1 is 0.952 bits per heavy atom. The van der Waals surface area contributed by atoms with Crippen molar-refractivity contribution in [2.75, 3.05) is 26.2 Å². The van der Waals surface area contributed by atoms with E-state index in [2.05, 4.69) is 24.1 Å². The minimum Gasteiger partial charge on any atom is -0.313 e. The topological polar surface area (TPSA) is 15.3 Å². The Hall–Kier alpha value is -0.0800. The SMILES string of the molecule is CC1CCN(CC2(CNC3CC3)CCCCCC2)CC1C. The van der Waals surface area contributed by atoms with Gasteiger partial charge in [-0.1, -0.05) is 39.5 Å². The second-order valence-corrected chi connectivity index (χ2v) is 8.55. The van der Waals surface area contributed by atoms with Crippen molar-refractivity contribution in [3.05, 3.63) is 0 Å². The first kappa shape index (κ1) is 15.8. The maximum atomic E-state index is 3.88. The van der Waals surface area contributed by atoms with Crippen LogP contribution in [0, 0.1) is 17.3 Å². The van der Waals surface area contributed by atoms with Gasteiger partial charge in [0.15, 0.2) is 0 Å². The third-order valence-electron chi connectivity index (χ3n) is 6.48. The Labute approximate surface area is 132 Å². The first-order valence-electron chi connectivity index (χ1n) is 9.63. The van der Waals surface area contributed by atoms with Crippen LogP contribution in [0.2, 0.25) is 0 Å². The quantitative estimate of drug-likeness (QED) is 0.769. The fourth-order valence-electron chi connectivity index (χ4n) is 4.48. The molecule has 21 heavy (non-hydrogen) atoms. The zero-order valence-electron chi connectivity index (χ0n) is 14.4. The molecule has 1 heterocycles. The lowest BCUT2D eigenvalue weighted by molar-refractivity contribution is 0.0720. The lowest BCUT2D eigenvalue weighted by Gasteiger charge is -2.43. The first-order valence-corrected chi connectivity index (χ1v) is 9.63. The largest absolute Gasteiger partial charge is 0.313 e. The van der Waals surface area contributed by atoms with E-state index in [0.717, 1.165) is 17.9 Å². The predicted molar refractivity (Wildman–Crippen MR) is 90.5 cm³/mol. The highest BCUT2D eigenvalue weighted by Gasteiger charge is 2.36. The van der Waals surface area contributed by atoms with Crippen LogP contribution in [-0.4, -0.2) is 37.1 Å². The second-order valence-electron chi connectivity index (χ2n) is 8.55. The summed E-state index contributed by atoms with van der Waals surface area (Å²) >= 11 is 0. The number of hydrogen-bond acceptors (Lipinski definition) is 2. The molecule has 0 aromatic heterocycles. The maximum Gasteiger partial charge on any atom is 0.00684 e. The number of rotatable bonds is 5. The third-order valence-corrected chi connectivity index (χ3v) is 6.48. The van der Waals surface area contributed by atoms with Crippen molar-refractivity contribution in [1.82, 2.24) is 10.2 Å². The molecule has 2 saturated carbocycles. The fourth-order valence-corrected chi connectivity index (χ4v) is 4.48.